The molecule has 0 amide bonds. The minimum Gasteiger partial charge on any atom is -0.300 e. The Balaban J connectivity index is 2.11. The highest BCUT2D eigenvalue weighted by molar-refractivity contribution is 4.98. The third-order valence-electron chi connectivity index (χ3n) is 3.59. The Labute approximate surface area is 78.1 Å². The standard InChI is InChI=1S/C10H17F2N/c1-7(2)13-5-8-3-4-9(6-13)10(8,11)12/h7-9H,3-6H2,1-2H3. The van der Waals surface area contributed by atoms with Crippen molar-refractivity contribution in [3.05, 3.63) is 0 Å². The van der Waals surface area contributed by atoms with E-state index in [0.717, 1.165) is 12.8 Å². The number of likely N-dealkylation sites (tertiary alicyclic amines) is 1. The molecule has 0 N–H and O–H groups in total. The quantitative estimate of drug-likeness (QED) is 0.612. The second-order valence-electron chi connectivity index (χ2n) is 4.69. The second kappa shape index (κ2) is 2.91. The van der Waals surface area contributed by atoms with E-state index in [1.807, 2.05) is 0 Å². The van der Waals surface area contributed by atoms with E-state index in [2.05, 4.69) is 18.7 Å². The van der Waals surface area contributed by atoms with Gasteiger partial charge >= 0.3 is 0 Å². The van der Waals surface area contributed by atoms with Crippen molar-refractivity contribution < 1.29 is 8.78 Å². The van der Waals surface area contributed by atoms with Gasteiger partial charge in [-0.15, -0.1) is 0 Å². The fourth-order valence-corrected chi connectivity index (χ4v) is 2.61. The molecule has 2 rings (SSSR count). The molecule has 1 heterocycles. The Morgan fingerprint density at radius 3 is 2.00 bits per heavy atom. The Morgan fingerprint density at radius 2 is 1.62 bits per heavy atom. The molecule has 0 spiro atoms. The Morgan fingerprint density at radius 1 is 1.15 bits per heavy atom. The summed E-state index contributed by atoms with van der Waals surface area (Å²) in [6.07, 6.45) is 1.45. The van der Waals surface area contributed by atoms with Gasteiger partial charge in [-0.05, 0) is 26.7 Å². The molecule has 76 valence electrons. The van der Waals surface area contributed by atoms with Gasteiger partial charge in [0.1, 0.15) is 0 Å². The van der Waals surface area contributed by atoms with E-state index in [9.17, 15) is 8.78 Å². The number of hydrogen-bond acceptors (Lipinski definition) is 1. The third kappa shape index (κ3) is 1.37. The van der Waals surface area contributed by atoms with Gasteiger partial charge in [-0.2, -0.15) is 0 Å². The molecule has 2 unspecified atom stereocenters. The van der Waals surface area contributed by atoms with Crippen molar-refractivity contribution in [2.45, 2.75) is 38.7 Å². The van der Waals surface area contributed by atoms with Crippen molar-refractivity contribution in [3.63, 3.8) is 0 Å². The number of nitrogens with zero attached hydrogens (tertiary/aromatic N) is 1. The summed E-state index contributed by atoms with van der Waals surface area (Å²) in [7, 11) is 0. The maximum atomic E-state index is 13.5. The molecule has 1 aliphatic heterocycles. The first-order chi connectivity index (χ1) is 6.01. The van der Waals surface area contributed by atoms with Gasteiger partial charge in [0, 0.05) is 31.0 Å². The van der Waals surface area contributed by atoms with Gasteiger partial charge in [-0.1, -0.05) is 0 Å². The van der Waals surface area contributed by atoms with E-state index in [1.165, 1.54) is 0 Å². The maximum absolute atomic E-state index is 13.5. The third-order valence-corrected chi connectivity index (χ3v) is 3.59. The van der Waals surface area contributed by atoms with Crippen LogP contribution in [0.4, 0.5) is 8.78 Å². The highest BCUT2D eigenvalue weighted by Crippen LogP contribution is 2.48. The lowest BCUT2D eigenvalue weighted by atomic mass is 9.93. The first kappa shape index (κ1) is 9.38. The number of piperidine rings is 1. The Bertz CT molecular complexity index is 187. The molecule has 2 atom stereocenters. The van der Waals surface area contributed by atoms with Crippen molar-refractivity contribution in [2.75, 3.05) is 13.1 Å². The van der Waals surface area contributed by atoms with E-state index < -0.39 is 5.92 Å². The molecule has 2 aliphatic rings. The molecule has 1 nitrogen and oxygen atoms in total. The monoisotopic (exact) mass is 189 g/mol. The van der Waals surface area contributed by atoms with Crippen LogP contribution in [0.25, 0.3) is 0 Å². The Hall–Kier alpha value is -0.180. The van der Waals surface area contributed by atoms with Crippen molar-refractivity contribution in [1.82, 2.24) is 4.90 Å². The number of rotatable bonds is 1. The highest BCUT2D eigenvalue weighted by atomic mass is 19.3. The van der Waals surface area contributed by atoms with Gasteiger partial charge in [-0.25, -0.2) is 8.78 Å². The van der Waals surface area contributed by atoms with Crippen molar-refractivity contribution in [3.8, 4) is 0 Å². The van der Waals surface area contributed by atoms with Crippen molar-refractivity contribution in [2.24, 2.45) is 11.8 Å². The van der Waals surface area contributed by atoms with Crippen molar-refractivity contribution in [1.29, 1.82) is 0 Å². The summed E-state index contributed by atoms with van der Waals surface area (Å²) in [6.45, 7) is 5.37. The number of alkyl halides is 2. The predicted molar refractivity (Wildman–Crippen MR) is 47.9 cm³/mol. The summed E-state index contributed by atoms with van der Waals surface area (Å²) in [4.78, 5) is 2.19. The van der Waals surface area contributed by atoms with Crippen LogP contribution in [0.15, 0.2) is 0 Å². The zero-order chi connectivity index (χ0) is 9.64. The summed E-state index contributed by atoms with van der Waals surface area (Å²) < 4.78 is 26.9. The first-order valence-corrected chi connectivity index (χ1v) is 5.13. The van der Waals surface area contributed by atoms with Gasteiger partial charge in [0.2, 0.25) is 0 Å². The largest absolute Gasteiger partial charge is 0.300 e. The summed E-state index contributed by atoms with van der Waals surface area (Å²) in [6, 6.07) is 0.416. The average molecular weight is 189 g/mol. The first-order valence-electron chi connectivity index (χ1n) is 5.13. The molecule has 1 saturated carbocycles. The molecule has 0 aromatic heterocycles. The van der Waals surface area contributed by atoms with Crippen LogP contribution in [-0.4, -0.2) is 30.0 Å². The van der Waals surface area contributed by atoms with E-state index >= 15 is 0 Å². The lowest BCUT2D eigenvalue weighted by Gasteiger charge is -2.39. The van der Waals surface area contributed by atoms with Crippen LogP contribution in [-0.2, 0) is 0 Å². The molecular formula is C10H17F2N. The summed E-state index contributed by atoms with van der Waals surface area (Å²) >= 11 is 0. The molecule has 2 bridgehead atoms. The van der Waals surface area contributed by atoms with E-state index in [4.69, 9.17) is 0 Å². The second-order valence-corrected chi connectivity index (χ2v) is 4.69. The molecule has 0 aromatic carbocycles. The average Bonchev–Trinajstić information content (AvgIpc) is 2.24. The number of fused-ring (bicyclic) bond motifs is 2. The normalized spacial score (nSPS) is 38.5. The minimum absolute atomic E-state index is 0.367. The van der Waals surface area contributed by atoms with Crippen LogP contribution in [0.3, 0.4) is 0 Å². The summed E-state index contributed by atoms with van der Waals surface area (Å²) in [5.74, 6) is -3.10. The molecule has 0 radical (unpaired) electrons. The van der Waals surface area contributed by atoms with Crippen LogP contribution in [0.2, 0.25) is 0 Å². The van der Waals surface area contributed by atoms with Crippen LogP contribution >= 0.6 is 0 Å². The maximum Gasteiger partial charge on any atom is 0.256 e. The lowest BCUT2D eigenvalue weighted by molar-refractivity contribution is -0.122. The summed E-state index contributed by atoms with van der Waals surface area (Å²) in [5.41, 5.74) is 0. The molecule has 1 saturated heterocycles. The van der Waals surface area contributed by atoms with Gasteiger partial charge in [0.05, 0.1) is 0 Å². The fraction of sp³-hybridized carbons (Fsp3) is 1.00. The molecular weight excluding hydrogens is 172 g/mol. The zero-order valence-electron chi connectivity index (χ0n) is 8.26. The van der Waals surface area contributed by atoms with E-state index in [0.29, 0.717) is 19.1 Å². The van der Waals surface area contributed by atoms with Gasteiger partial charge < -0.3 is 0 Å². The highest BCUT2D eigenvalue weighted by Gasteiger charge is 2.55. The van der Waals surface area contributed by atoms with Crippen LogP contribution in [0, 0.1) is 11.8 Å². The topological polar surface area (TPSA) is 3.24 Å². The van der Waals surface area contributed by atoms with Gasteiger partial charge in [-0.3, -0.25) is 4.90 Å². The fourth-order valence-electron chi connectivity index (χ4n) is 2.61. The molecule has 3 heteroatoms. The van der Waals surface area contributed by atoms with Crippen LogP contribution in [0.5, 0.6) is 0 Å². The van der Waals surface area contributed by atoms with Gasteiger partial charge in [0.25, 0.3) is 5.92 Å². The lowest BCUT2D eigenvalue weighted by Crippen LogP contribution is -2.50. The number of hydrogen-bond donors (Lipinski definition) is 0. The van der Waals surface area contributed by atoms with Crippen molar-refractivity contribution >= 4 is 0 Å². The van der Waals surface area contributed by atoms with E-state index in [-0.39, 0.29) is 11.8 Å². The zero-order valence-corrected chi connectivity index (χ0v) is 8.26. The molecule has 1 aliphatic carbocycles. The van der Waals surface area contributed by atoms with Gasteiger partial charge in [0.15, 0.2) is 0 Å². The van der Waals surface area contributed by atoms with Crippen LogP contribution < -0.4 is 0 Å². The SMILES string of the molecule is CC(C)N1CC2CCC(C1)C2(F)F. The summed E-state index contributed by atoms with van der Waals surface area (Å²) in [5, 5.41) is 0. The molecule has 0 aromatic rings. The number of halogens is 2. The Kier molecular flexibility index (Phi) is 2.10. The van der Waals surface area contributed by atoms with Crippen LogP contribution in [0.1, 0.15) is 26.7 Å². The molecule has 2 fully saturated rings. The minimum atomic E-state index is -2.37. The van der Waals surface area contributed by atoms with E-state index in [1.54, 1.807) is 0 Å². The predicted octanol–water partition coefficient (Wildman–Crippen LogP) is 2.37. The smallest absolute Gasteiger partial charge is 0.256 e. The molecule has 13 heavy (non-hydrogen) atoms.